The number of carbonyl (C=O) groups excluding carboxylic acids is 2. The summed E-state index contributed by atoms with van der Waals surface area (Å²) in [5.74, 6) is -0.807. The number of esters is 1. The minimum Gasteiger partial charge on any atom is -0.464 e. The summed E-state index contributed by atoms with van der Waals surface area (Å²) in [5, 5.41) is 17.1. The van der Waals surface area contributed by atoms with Gasteiger partial charge in [0, 0.05) is 12.2 Å². The van der Waals surface area contributed by atoms with Gasteiger partial charge in [-0.3, -0.25) is 19.6 Å². The molecule has 0 saturated carbocycles. The van der Waals surface area contributed by atoms with E-state index in [1.54, 1.807) is 13.8 Å². The van der Waals surface area contributed by atoms with Crippen molar-refractivity contribution in [1.82, 2.24) is 15.1 Å². The first-order valence-corrected chi connectivity index (χ1v) is 7.27. The first-order chi connectivity index (χ1) is 10.4. The first kappa shape index (κ1) is 18.0. The molecule has 0 saturated heterocycles. The Balaban J connectivity index is 2.55. The zero-order valence-corrected chi connectivity index (χ0v) is 13.2. The van der Waals surface area contributed by atoms with E-state index in [4.69, 9.17) is 4.74 Å². The third-order valence-electron chi connectivity index (χ3n) is 2.91. The number of thiol groups is 1. The zero-order valence-electron chi connectivity index (χ0n) is 12.3. The molecule has 0 aliphatic carbocycles. The van der Waals surface area contributed by atoms with Gasteiger partial charge in [-0.05, 0) is 13.8 Å². The monoisotopic (exact) mass is 330 g/mol. The number of hydrogen-bond donors (Lipinski definition) is 2. The van der Waals surface area contributed by atoms with Crippen molar-refractivity contribution in [3.63, 3.8) is 0 Å². The van der Waals surface area contributed by atoms with E-state index in [-0.39, 0.29) is 36.9 Å². The first-order valence-electron chi connectivity index (χ1n) is 6.64. The largest absolute Gasteiger partial charge is 0.464 e. The van der Waals surface area contributed by atoms with Crippen LogP contribution in [-0.4, -0.2) is 45.0 Å². The van der Waals surface area contributed by atoms with Gasteiger partial charge >= 0.3 is 11.7 Å². The molecule has 0 spiro atoms. The van der Waals surface area contributed by atoms with Crippen LogP contribution in [0.25, 0.3) is 0 Å². The fraction of sp³-hybridized carbons (Fsp3) is 0.583. The Morgan fingerprint density at radius 2 is 2.27 bits per heavy atom. The van der Waals surface area contributed by atoms with Crippen molar-refractivity contribution in [2.75, 3.05) is 12.4 Å². The number of nitrogens with one attached hydrogen (secondary N) is 1. The van der Waals surface area contributed by atoms with Gasteiger partial charge < -0.3 is 10.1 Å². The van der Waals surface area contributed by atoms with Gasteiger partial charge in [-0.2, -0.15) is 17.7 Å². The molecule has 10 heteroatoms. The number of aryl methyl sites for hydroxylation is 1. The average Bonchev–Trinajstić information content (AvgIpc) is 2.84. The molecule has 122 valence electrons. The highest BCUT2D eigenvalue weighted by molar-refractivity contribution is 7.80. The molecule has 9 nitrogen and oxygen atoms in total. The highest BCUT2D eigenvalue weighted by atomic mass is 32.1. The van der Waals surface area contributed by atoms with E-state index < -0.39 is 16.9 Å². The molecule has 0 bridgehead atoms. The van der Waals surface area contributed by atoms with Crippen LogP contribution < -0.4 is 5.32 Å². The number of rotatable bonds is 8. The van der Waals surface area contributed by atoms with Crippen LogP contribution >= 0.6 is 12.6 Å². The summed E-state index contributed by atoms with van der Waals surface area (Å²) in [6.07, 6.45) is 1.17. The fourth-order valence-corrected chi connectivity index (χ4v) is 1.98. The van der Waals surface area contributed by atoms with Crippen LogP contribution in [0.3, 0.4) is 0 Å². The molecule has 1 aromatic heterocycles. The van der Waals surface area contributed by atoms with Crippen molar-refractivity contribution in [3.8, 4) is 0 Å². The highest BCUT2D eigenvalue weighted by Gasteiger charge is 2.21. The number of nitro groups is 1. The lowest BCUT2D eigenvalue weighted by atomic mass is 10.3. The van der Waals surface area contributed by atoms with E-state index in [9.17, 15) is 19.7 Å². The van der Waals surface area contributed by atoms with E-state index in [1.165, 1.54) is 4.68 Å². The van der Waals surface area contributed by atoms with E-state index in [0.717, 1.165) is 6.20 Å². The van der Waals surface area contributed by atoms with Gasteiger partial charge in [-0.25, -0.2) is 4.79 Å². The second-order valence-corrected chi connectivity index (χ2v) is 4.77. The lowest BCUT2D eigenvalue weighted by Crippen LogP contribution is -2.43. The predicted octanol–water partition coefficient (Wildman–Crippen LogP) is 0.468. The topological polar surface area (TPSA) is 116 Å². The summed E-state index contributed by atoms with van der Waals surface area (Å²) >= 11 is 3.99. The summed E-state index contributed by atoms with van der Waals surface area (Å²) in [7, 11) is 0. The van der Waals surface area contributed by atoms with Crippen LogP contribution in [-0.2, 0) is 20.9 Å². The lowest BCUT2D eigenvalue weighted by molar-refractivity contribution is -0.385. The standard InChI is InChI=1S/C12H18N4O5S/c1-3-21-12(18)9(7-22)14-11(17)4-5-15-8(2)10(6-13-15)16(19)20/h6,9,22H,3-5,7H2,1-2H3,(H,14,17)/t9-/m0/s1. The maximum absolute atomic E-state index is 11.8. The van der Waals surface area contributed by atoms with Crippen molar-refractivity contribution in [3.05, 3.63) is 22.0 Å². The van der Waals surface area contributed by atoms with Crippen molar-refractivity contribution in [2.45, 2.75) is 32.9 Å². The molecule has 1 heterocycles. The second-order valence-electron chi connectivity index (χ2n) is 4.40. The lowest BCUT2D eigenvalue weighted by Gasteiger charge is -2.15. The Hall–Kier alpha value is -2.10. The number of amides is 1. The number of aromatic nitrogens is 2. The number of hydrogen-bond acceptors (Lipinski definition) is 7. The molecule has 1 rings (SSSR count). The highest BCUT2D eigenvalue weighted by Crippen LogP contribution is 2.16. The molecule has 0 aliphatic rings. The number of ether oxygens (including phenoxy) is 1. The van der Waals surface area contributed by atoms with Crippen LogP contribution in [0.5, 0.6) is 0 Å². The smallest absolute Gasteiger partial charge is 0.329 e. The molecule has 1 atom stereocenters. The van der Waals surface area contributed by atoms with Crippen molar-refractivity contribution in [1.29, 1.82) is 0 Å². The van der Waals surface area contributed by atoms with Crippen LogP contribution in [0.4, 0.5) is 5.69 Å². The van der Waals surface area contributed by atoms with E-state index in [0.29, 0.717) is 5.69 Å². The van der Waals surface area contributed by atoms with Gasteiger partial charge in [0.1, 0.15) is 17.9 Å². The summed E-state index contributed by atoms with van der Waals surface area (Å²) in [4.78, 5) is 33.5. The number of carbonyl (C=O) groups is 2. The quantitative estimate of drug-likeness (QED) is 0.310. The summed E-state index contributed by atoms with van der Waals surface area (Å²) in [6.45, 7) is 3.61. The van der Waals surface area contributed by atoms with E-state index in [1.807, 2.05) is 0 Å². The summed E-state index contributed by atoms with van der Waals surface area (Å²) < 4.78 is 6.19. The zero-order chi connectivity index (χ0) is 16.7. The van der Waals surface area contributed by atoms with Crippen molar-refractivity contribution in [2.24, 2.45) is 0 Å². The average molecular weight is 330 g/mol. The SMILES string of the molecule is CCOC(=O)[C@H](CS)NC(=O)CCn1ncc([N+](=O)[O-])c1C. The minimum atomic E-state index is -0.816. The van der Waals surface area contributed by atoms with Gasteiger partial charge in [-0.1, -0.05) is 0 Å². The van der Waals surface area contributed by atoms with Gasteiger partial charge in [0.25, 0.3) is 0 Å². The van der Waals surface area contributed by atoms with Crippen LogP contribution in [0.1, 0.15) is 19.0 Å². The van der Waals surface area contributed by atoms with Crippen LogP contribution in [0.15, 0.2) is 6.20 Å². The second kappa shape index (κ2) is 8.37. The Morgan fingerprint density at radius 3 is 2.77 bits per heavy atom. The van der Waals surface area contributed by atoms with Gasteiger partial charge in [-0.15, -0.1) is 0 Å². The molecule has 0 radical (unpaired) electrons. The normalized spacial score (nSPS) is 11.8. The third kappa shape index (κ3) is 4.72. The number of nitrogens with zero attached hydrogens (tertiary/aromatic N) is 3. The molecule has 0 aromatic carbocycles. The van der Waals surface area contributed by atoms with Crippen LogP contribution in [0.2, 0.25) is 0 Å². The molecule has 1 N–H and O–H groups in total. The Kier molecular flexibility index (Phi) is 6.83. The molecule has 0 fully saturated rings. The molecule has 1 amide bonds. The summed E-state index contributed by atoms with van der Waals surface area (Å²) in [6, 6.07) is -0.816. The molecular formula is C12H18N4O5S. The summed E-state index contributed by atoms with van der Waals surface area (Å²) in [5.41, 5.74) is 0.272. The van der Waals surface area contributed by atoms with E-state index >= 15 is 0 Å². The Bertz CT molecular complexity index is 560. The molecule has 0 aliphatic heterocycles. The predicted molar refractivity (Wildman–Crippen MR) is 80.7 cm³/mol. The van der Waals surface area contributed by atoms with E-state index in [2.05, 4.69) is 23.0 Å². The fourth-order valence-electron chi connectivity index (χ4n) is 1.74. The third-order valence-corrected chi connectivity index (χ3v) is 3.28. The molecule has 22 heavy (non-hydrogen) atoms. The molecule has 0 unspecified atom stereocenters. The van der Waals surface area contributed by atoms with Gasteiger partial charge in [0.2, 0.25) is 5.91 Å². The van der Waals surface area contributed by atoms with Crippen molar-refractivity contribution < 1.29 is 19.2 Å². The molecular weight excluding hydrogens is 312 g/mol. The maximum Gasteiger partial charge on any atom is 0.329 e. The maximum atomic E-state index is 11.8. The van der Waals surface area contributed by atoms with Gasteiger partial charge in [0.05, 0.1) is 18.1 Å². The Morgan fingerprint density at radius 1 is 1.59 bits per heavy atom. The molecule has 1 aromatic rings. The van der Waals surface area contributed by atoms with Gasteiger partial charge in [0.15, 0.2) is 0 Å². The minimum absolute atomic E-state index is 0.0311. The van der Waals surface area contributed by atoms with Crippen molar-refractivity contribution >= 4 is 30.2 Å². The Labute approximate surface area is 132 Å². The van der Waals surface area contributed by atoms with Crippen LogP contribution in [0, 0.1) is 17.0 Å².